The average molecular weight is 1270 g/mol. The molecule has 0 radical (unpaired) electrons. The van der Waals surface area contributed by atoms with Crippen molar-refractivity contribution in [2.45, 2.75) is 159 Å². The molecule has 6 rings (SSSR count). The van der Waals surface area contributed by atoms with Gasteiger partial charge in [-0.1, -0.05) is 44.2 Å². The number of urea groups is 1. The number of aliphatic hydroxyl groups is 1. The van der Waals surface area contributed by atoms with Crippen molar-refractivity contribution < 1.29 is 67.7 Å². The lowest BCUT2D eigenvalue weighted by Crippen LogP contribution is -2.62. The Morgan fingerprint density at radius 3 is 1.95 bits per heavy atom. The summed E-state index contributed by atoms with van der Waals surface area (Å²) in [7, 11) is 0. The maximum atomic E-state index is 14.8. The zero-order valence-electron chi connectivity index (χ0n) is 51.4. The lowest BCUT2D eigenvalue weighted by molar-refractivity contribution is -0.142. The molecule has 2 saturated heterocycles. The van der Waals surface area contributed by atoms with Crippen LogP contribution in [0.3, 0.4) is 0 Å². The van der Waals surface area contributed by atoms with Gasteiger partial charge in [0.15, 0.2) is 5.96 Å². The molecule has 0 saturated carbocycles. The third-order valence-electron chi connectivity index (χ3n) is 14.8. The van der Waals surface area contributed by atoms with Crippen molar-refractivity contribution in [3.63, 3.8) is 0 Å². The van der Waals surface area contributed by atoms with E-state index in [1.54, 1.807) is 65.1 Å². The molecule has 32 heteroatoms. The molecular formula is C59H84N18O14. The smallest absolute Gasteiger partial charge is 0.330 e. The number of amides is 12. The van der Waals surface area contributed by atoms with Gasteiger partial charge in [-0.2, -0.15) is 0 Å². The number of hydrazine groups is 1. The van der Waals surface area contributed by atoms with Crippen LogP contribution in [-0.4, -0.2) is 187 Å². The van der Waals surface area contributed by atoms with E-state index in [4.69, 9.17) is 21.9 Å². The first-order valence-corrected chi connectivity index (χ1v) is 29.9. The van der Waals surface area contributed by atoms with Crippen molar-refractivity contribution in [2.75, 3.05) is 26.3 Å². The summed E-state index contributed by atoms with van der Waals surface area (Å²) in [6.07, 6.45) is 4.91. The summed E-state index contributed by atoms with van der Waals surface area (Å²) in [6.45, 7) is 7.28. The number of aromatic hydroxyl groups is 1. The van der Waals surface area contributed by atoms with Gasteiger partial charge in [0.05, 0.1) is 25.1 Å². The van der Waals surface area contributed by atoms with Crippen molar-refractivity contribution in [1.82, 2.24) is 73.2 Å². The van der Waals surface area contributed by atoms with Gasteiger partial charge in [-0.15, -0.1) is 0 Å². The van der Waals surface area contributed by atoms with Gasteiger partial charge in [0.1, 0.15) is 60.1 Å². The Labute approximate surface area is 524 Å². The van der Waals surface area contributed by atoms with Crippen LogP contribution in [0.2, 0.25) is 0 Å². The number of guanidine groups is 1. The molecule has 2 aromatic carbocycles. The van der Waals surface area contributed by atoms with Gasteiger partial charge in [-0.05, 0) is 94.5 Å². The molecule has 9 atom stereocenters. The third kappa shape index (κ3) is 21.7. The van der Waals surface area contributed by atoms with E-state index < -0.39 is 132 Å². The number of likely N-dealkylation sites (tertiary alicyclic amines) is 1. The van der Waals surface area contributed by atoms with Gasteiger partial charge in [0.25, 0.3) is 5.91 Å². The van der Waals surface area contributed by atoms with E-state index >= 15 is 0 Å². The number of carbonyl (C=O) groups is 11. The van der Waals surface area contributed by atoms with Crippen LogP contribution < -0.4 is 70.6 Å². The number of phenolic OH excluding ortho intramolecular Hbond substituents is 1. The zero-order valence-corrected chi connectivity index (χ0v) is 51.4. The number of carbonyl (C=O) groups excluding carboxylic acids is 11. The number of aromatic amines is 2. The minimum absolute atomic E-state index is 0.00453. The fraction of sp³-hybridized carbons (Fsp3) is 0.508. The summed E-state index contributed by atoms with van der Waals surface area (Å²) in [6, 6.07) is -0.716. The molecule has 12 amide bonds. The van der Waals surface area contributed by atoms with E-state index in [1.807, 2.05) is 5.43 Å². The number of nitrogens with two attached hydrogens (primary N) is 3. The molecule has 2 aliphatic heterocycles. The average Bonchev–Trinajstić information content (AvgIpc) is 1.85. The Balaban J connectivity index is 1.24. The monoisotopic (exact) mass is 1270 g/mol. The number of imidazole rings is 1. The van der Waals surface area contributed by atoms with Gasteiger partial charge < -0.3 is 89.6 Å². The standard InChI is InChI=1S/C59H84N18O14/c1-31(2)22-40(49(82)68-39(12-8-20-64-57(60)61)56(89)77-21-9-13-46(77)55(88)75-76-58(62)90)69-54(87)45(29-91-59(3,4)5)74-50(83)41(23-32-14-16-35(79)17-15-32)70-53(86)44(28-78)73-51(84)42(24-33-26-65-37-11-7-6-10-36(33)37)71-52(85)43(25-34-27-63-30-66-34)72-48(81)38-18-19-47(80)67-38/h6-7,10-11,14-17,26-27,30-31,38-46,65,78-79H,8-9,12-13,18-25,28-29H2,1-5H3,(H,63,66)(H,67,80)(H,68,82)(H,69,87)(H,70,86)(H,71,85)(H,72,81)(H,73,84)(H,74,83)(H,75,88)(H4,60,61,64)(H3,62,76,90)/t38-,39?,40?,41?,42?,43?,44?,45?,46-/m1/s1. The van der Waals surface area contributed by atoms with E-state index in [0.717, 1.165) is 0 Å². The van der Waals surface area contributed by atoms with Crippen LogP contribution in [0.4, 0.5) is 4.79 Å². The Morgan fingerprint density at radius 2 is 1.33 bits per heavy atom. The number of nitrogens with one attached hydrogen (secondary N) is 12. The summed E-state index contributed by atoms with van der Waals surface area (Å²) in [5.74, 6) is -8.58. The predicted molar refractivity (Wildman–Crippen MR) is 329 cm³/mol. The van der Waals surface area contributed by atoms with E-state index in [-0.39, 0.29) is 94.4 Å². The number of nitrogens with zero attached hydrogens (tertiary/aromatic N) is 3. The van der Waals surface area contributed by atoms with Gasteiger partial charge in [0, 0.05) is 67.8 Å². The quantitative estimate of drug-likeness (QED) is 0.0103. The largest absolute Gasteiger partial charge is 0.508 e. The summed E-state index contributed by atoms with van der Waals surface area (Å²) in [5, 5.41) is 42.8. The SMILES string of the molecule is CC(C)CC(NC(=O)C(COC(C)(C)C)NC(=O)C(Cc1ccc(O)cc1)NC(=O)C(CO)NC(=O)C(Cc1c[nH]c2ccccc12)NC(=O)C(Cc1cnc[nH]1)NC(=O)[C@H]1CCC(=O)N1)C(=O)NC(CCCN=C(N)N)C(=O)N1CCC[C@@H]1C(=O)NNC(N)=O. The van der Waals surface area contributed by atoms with Crippen molar-refractivity contribution in [3.8, 4) is 5.75 Å². The third-order valence-corrected chi connectivity index (χ3v) is 14.8. The molecule has 2 aliphatic rings. The normalized spacial score (nSPS) is 17.0. The van der Waals surface area contributed by atoms with Crippen LogP contribution in [0.1, 0.15) is 96.4 Å². The molecule has 4 aromatic rings. The minimum Gasteiger partial charge on any atom is -0.508 e. The Kier molecular flexibility index (Phi) is 25.6. The summed E-state index contributed by atoms with van der Waals surface area (Å²) >= 11 is 0. The van der Waals surface area contributed by atoms with Gasteiger partial charge in [-0.3, -0.25) is 58.4 Å². The van der Waals surface area contributed by atoms with Crippen molar-refractivity contribution >= 4 is 82.0 Å². The zero-order chi connectivity index (χ0) is 66.5. The van der Waals surface area contributed by atoms with Gasteiger partial charge in [-0.25, -0.2) is 15.2 Å². The molecular weight excluding hydrogens is 1180 g/mol. The van der Waals surface area contributed by atoms with Gasteiger partial charge >= 0.3 is 6.03 Å². The van der Waals surface area contributed by atoms with E-state index in [0.29, 0.717) is 34.1 Å². The molecule has 20 N–H and O–H groups in total. The lowest BCUT2D eigenvalue weighted by atomic mass is 10.0. The molecule has 494 valence electrons. The van der Waals surface area contributed by atoms with E-state index in [9.17, 15) is 63.0 Å². The first-order valence-electron chi connectivity index (χ1n) is 29.9. The van der Waals surface area contributed by atoms with Crippen LogP contribution in [0.5, 0.6) is 5.75 Å². The minimum atomic E-state index is -1.80. The molecule has 32 nitrogen and oxygen atoms in total. The number of ether oxygens (including phenoxy) is 1. The molecule has 4 heterocycles. The molecule has 91 heavy (non-hydrogen) atoms. The highest BCUT2D eigenvalue weighted by atomic mass is 16.5. The molecule has 2 aromatic heterocycles. The number of rotatable bonds is 31. The van der Waals surface area contributed by atoms with Crippen LogP contribution >= 0.6 is 0 Å². The Bertz CT molecular complexity index is 3240. The number of fused-ring (bicyclic) bond motifs is 1. The van der Waals surface area contributed by atoms with Crippen LogP contribution in [-0.2, 0) is 71.9 Å². The second kappa shape index (κ2) is 33.1. The predicted octanol–water partition coefficient (Wildman–Crippen LogP) is -3.11. The highest BCUT2D eigenvalue weighted by molar-refractivity contribution is 5.99. The first kappa shape index (κ1) is 70.2. The topological polar surface area (TPSA) is 496 Å². The van der Waals surface area contributed by atoms with Crippen LogP contribution in [0.15, 0.2) is 72.2 Å². The van der Waals surface area contributed by atoms with Crippen molar-refractivity contribution in [3.05, 3.63) is 84.1 Å². The number of hydrogen-bond acceptors (Lipinski definition) is 16. The molecule has 2 fully saturated rings. The summed E-state index contributed by atoms with van der Waals surface area (Å²) < 4.78 is 6.03. The van der Waals surface area contributed by atoms with Crippen LogP contribution in [0.25, 0.3) is 10.9 Å². The molecule has 0 aliphatic carbocycles. The fourth-order valence-corrected chi connectivity index (χ4v) is 10.2. The number of primary amides is 1. The number of H-pyrrole nitrogens is 2. The Morgan fingerprint density at radius 1 is 0.725 bits per heavy atom. The number of aromatic nitrogens is 3. The summed E-state index contributed by atoms with van der Waals surface area (Å²) in [5.41, 5.74) is 21.6. The molecule has 7 unspecified atom stereocenters. The van der Waals surface area contributed by atoms with Crippen molar-refractivity contribution in [2.24, 2.45) is 28.1 Å². The Hall–Kier alpha value is -9.85. The number of phenols is 1. The highest BCUT2D eigenvalue weighted by Crippen LogP contribution is 2.22. The van der Waals surface area contributed by atoms with Crippen LogP contribution in [0, 0.1) is 5.92 Å². The number of hydrogen-bond donors (Lipinski definition) is 17. The second-order valence-electron chi connectivity index (χ2n) is 23.7. The number of aliphatic hydroxyl groups excluding tert-OH is 1. The fourth-order valence-electron chi connectivity index (χ4n) is 10.2. The number of para-hydroxylation sites is 1. The van der Waals surface area contributed by atoms with E-state index in [2.05, 4.69) is 67.9 Å². The first-order chi connectivity index (χ1) is 43.2. The van der Waals surface area contributed by atoms with Crippen molar-refractivity contribution in [1.29, 1.82) is 0 Å². The van der Waals surface area contributed by atoms with E-state index in [1.165, 1.54) is 41.7 Å². The molecule has 0 bridgehead atoms. The van der Waals surface area contributed by atoms with Gasteiger partial charge in [0.2, 0.25) is 53.2 Å². The lowest BCUT2D eigenvalue weighted by Gasteiger charge is -2.31. The summed E-state index contributed by atoms with van der Waals surface area (Å²) in [4.78, 5) is 167. The maximum Gasteiger partial charge on any atom is 0.330 e. The maximum absolute atomic E-state index is 14.8. The second-order valence-corrected chi connectivity index (χ2v) is 23.7. The number of aliphatic imine (C=N–C) groups is 1. The number of benzene rings is 2. The highest BCUT2D eigenvalue weighted by Gasteiger charge is 2.40. The molecule has 0 spiro atoms.